The summed E-state index contributed by atoms with van der Waals surface area (Å²) in [7, 11) is 1.60. The van der Waals surface area contributed by atoms with Gasteiger partial charge in [0.25, 0.3) is 0 Å². The number of halogens is 3. The smallest absolute Gasteiger partial charge is 0.311 e. The molecule has 2 N–H and O–H groups in total. The van der Waals surface area contributed by atoms with E-state index >= 15 is 0 Å². The highest BCUT2D eigenvalue weighted by Crippen LogP contribution is 2.34. The van der Waals surface area contributed by atoms with Gasteiger partial charge in [0.1, 0.15) is 5.82 Å². The Labute approximate surface area is 125 Å². The van der Waals surface area contributed by atoms with Crippen LogP contribution in [0, 0.1) is 6.92 Å². The molecule has 2 aromatic rings. The van der Waals surface area contributed by atoms with Crippen molar-refractivity contribution >= 4 is 11.7 Å². The lowest BCUT2D eigenvalue weighted by atomic mass is 10.1. The number of hydrogen-bond donors (Lipinski definition) is 2. The predicted octanol–water partition coefficient (Wildman–Crippen LogP) is 2.36. The van der Waals surface area contributed by atoms with Crippen molar-refractivity contribution < 1.29 is 18.0 Å². The summed E-state index contributed by atoms with van der Waals surface area (Å²) >= 11 is 0. The number of rotatable bonds is 4. The maximum atomic E-state index is 13.1. The molecule has 0 unspecified atom stereocenters. The van der Waals surface area contributed by atoms with E-state index in [0.717, 1.165) is 10.7 Å². The minimum Gasteiger partial charge on any atom is -0.311 e. The first-order valence-corrected chi connectivity index (χ1v) is 6.50. The Morgan fingerprint density at radius 1 is 1.32 bits per heavy atom. The SMILES string of the molecule is CNCC(=O)Nc1cc(C)nn1-c1ccccc1C(F)(F)F. The van der Waals surface area contributed by atoms with Crippen molar-refractivity contribution in [3.05, 3.63) is 41.6 Å². The molecule has 0 fully saturated rings. The maximum absolute atomic E-state index is 13.1. The van der Waals surface area contributed by atoms with Gasteiger partial charge in [0, 0.05) is 6.07 Å². The molecule has 8 heteroatoms. The highest BCUT2D eigenvalue weighted by Gasteiger charge is 2.34. The number of carbonyl (C=O) groups is 1. The molecular weight excluding hydrogens is 297 g/mol. The summed E-state index contributed by atoms with van der Waals surface area (Å²) in [6.07, 6.45) is -4.51. The second-order valence-corrected chi connectivity index (χ2v) is 4.68. The van der Waals surface area contributed by atoms with Crippen LogP contribution in [0.1, 0.15) is 11.3 Å². The summed E-state index contributed by atoms with van der Waals surface area (Å²) in [5.74, 6) is -0.178. The second-order valence-electron chi connectivity index (χ2n) is 4.68. The largest absolute Gasteiger partial charge is 0.418 e. The number of aryl methyl sites for hydroxylation is 1. The quantitative estimate of drug-likeness (QED) is 0.911. The van der Waals surface area contributed by atoms with Gasteiger partial charge in [0.05, 0.1) is 23.5 Å². The number of benzene rings is 1. The average molecular weight is 312 g/mol. The van der Waals surface area contributed by atoms with E-state index in [-0.39, 0.29) is 24.0 Å². The lowest BCUT2D eigenvalue weighted by molar-refractivity contribution is -0.137. The molecule has 1 amide bonds. The fourth-order valence-corrected chi connectivity index (χ4v) is 2.02. The number of hydrogen-bond acceptors (Lipinski definition) is 3. The number of anilines is 1. The molecule has 0 aliphatic rings. The van der Waals surface area contributed by atoms with Crippen molar-refractivity contribution in [3.8, 4) is 5.69 Å². The van der Waals surface area contributed by atoms with Gasteiger partial charge in [-0.15, -0.1) is 0 Å². The molecule has 0 atom stereocenters. The highest BCUT2D eigenvalue weighted by molar-refractivity contribution is 5.91. The van der Waals surface area contributed by atoms with E-state index in [1.54, 1.807) is 14.0 Å². The van der Waals surface area contributed by atoms with Gasteiger partial charge >= 0.3 is 6.18 Å². The predicted molar refractivity (Wildman–Crippen MR) is 75.9 cm³/mol. The molecule has 118 valence electrons. The Balaban J connectivity index is 2.48. The molecule has 22 heavy (non-hydrogen) atoms. The van der Waals surface area contributed by atoms with E-state index in [1.807, 2.05) is 0 Å². The average Bonchev–Trinajstić information content (AvgIpc) is 2.78. The van der Waals surface area contributed by atoms with Gasteiger partial charge in [-0.1, -0.05) is 12.1 Å². The number of carbonyl (C=O) groups excluding carboxylic acids is 1. The summed E-state index contributed by atoms with van der Waals surface area (Å²) in [5, 5.41) is 9.26. The number of amides is 1. The summed E-state index contributed by atoms with van der Waals surface area (Å²) in [4.78, 5) is 11.7. The normalized spacial score (nSPS) is 11.5. The van der Waals surface area contributed by atoms with Crippen LogP contribution in [0.3, 0.4) is 0 Å². The molecule has 1 aromatic heterocycles. The van der Waals surface area contributed by atoms with E-state index in [1.165, 1.54) is 24.3 Å². The van der Waals surface area contributed by atoms with Crippen LogP contribution >= 0.6 is 0 Å². The molecular formula is C14H15F3N4O. The molecule has 1 aromatic carbocycles. The van der Waals surface area contributed by atoms with Crippen molar-refractivity contribution in [1.29, 1.82) is 0 Å². The molecule has 1 heterocycles. The first-order chi connectivity index (χ1) is 10.3. The summed E-state index contributed by atoms with van der Waals surface area (Å²) in [6, 6.07) is 6.60. The van der Waals surface area contributed by atoms with Gasteiger partial charge in [0.2, 0.25) is 5.91 Å². The van der Waals surface area contributed by atoms with Gasteiger partial charge < -0.3 is 10.6 Å². The molecule has 0 radical (unpaired) electrons. The van der Waals surface area contributed by atoms with Crippen LogP contribution in [0.15, 0.2) is 30.3 Å². The van der Waals surface area contributed by atoms with Crippen molar-refractivity contribution in [1.82, 2.24) is 15.1 Å². The first kappa shape index (κ1) is 16.0. The topological polar surface area (TPSA) is 59.0 Å². The molecule has 0 saturated carbocycles. The van der Waals surface area contributed by atoms with Crippen LogP contribution in [0.2, 0.25) is 0 Å². The number of alkyl halides is 3. The van der Waals surface area contributed by atoms with Crippen LogP contribution in [-0.4, -0.2) is 29.3 Å². The van der Waals surface area contributed by atoms with Crippen molar-refractivity contribution in [3.63, 3.8) is 0 Å². The van der Waals surface area contributed by atoms with Gasteiger partial charge in [-0.3, -0.25) is 4.79 Å². The van der Waals surface area contributed by atoms with E-state index < -0.39 is 11.7 Å². The van der Waals surface area contributed by atoms with E-state index in [4.69, 9.17) is 0 Å². The maximum Gasteiger partial charge on any atom is 0.418 e. The van der Waals surface area contributed by atoms with E-state index in [9.17, 15) is 18.0 Å². The first-order valence-electron chi connectivity index (χ1n) is 6.50. The number of likely N-dealkylation sites (N-methyl/N-ethyl adjacent to an activating group) is 1. The Bertz CT molecular complexity index is 679. The third kappa shape index (κ3) is 3.45. The molecule has 2 rings (SSSR count). The van der Waals surface area contributed by atoms with Gasteiger partial charge in [-0.05, 0) is 26.1 Å². The Morgan fingerprint density at radius 3 is 2.64 bits per heavy atom. The van der Waals surface area contributed by atoms with Gasteiger partial charge in [0.15, 0.2) is 0 Å². The fraction of sp³-hybridized carbons (Fsp3) is 0.286. The van der Waals surface area contributed by atoms with Gasteiger partial charge in [-0.25, -0.2) is 4.68 Å². The zero-order valence-electron chi connectivity index (χ0n) is 12.0. The molecule has 5 nitrogen and oxygen atoms in total. The van der Waals surface area contributed by atoms with E-state index in [2.05, 4.69) is 15.7 Å². The Kier molecular flexibility index (Phi) is 4.51. The molecule has 0 aliphatic carbocycles. The van der Waals surface area contributed by atoms with Crippen LogP contribution in [-0.2, 0) is 11.0 Å². The zero-order valence-corrected chi connectivity index (χ0v) is 12.0. The van der Waals surface area contributed by atoms with Crippen LogP contribution in [0.5, 0.6) is 0 Å². The Morgan fingerprint density at radius 2 is 2.00 bits per heavy atom. The standard InChI is InChI=1S/C14H15F3N4O/c1-9-7-12(19-13(22)8-18-2)21(20-9)11-6-4-3-5-10(11)14(15,16)17/h3-7,18H,8H2,1-2H3,(H,19,22). The molecule has 0 aliphatic heterocycles. The summed E-state index contributed by atoms with van der Waals surface area (Å²) in [6.45, 7) is 1.69. The monoisotopic (exact) mass is 312 g/mol. The fourth-order valence-electron chi connectivity index (χ4n) is 2.02. The third-order valence-corrected chi connectivity index (χ3v) is 2.87. The highest BCUT2D eigenvalue weighted by atomic mass is 19.4. The molecule has 0 bridgehead atoms. The summed E-state index contributed by atoms with van der Waals surface area (Å²) in [5.41, 5.74) is -0.457. The minimum absolute atomic E-state index is 0.0468. The van der Waals surface area contributed by atoms with Crippen LogP contribution in [0.25, 0.3) is 5.69 Å². The van der Waals surface area contributed by atoms with Crippen LogP contribution in [0.4, 0.5) is 19.0 Å². The molecule has 0 spiro atoms. The van der Waals surface area contributed by atoms with Crippen LogP contribution < -0.4 is 10.6 Å². The summed E-state index contributed by atoms with van der Waals surface area (Å²) < 4.78 is 40.4. The lowest BCUT2D eigenvalue weighted by Crippen LogP contribution is -2.26. The van der Waals surface area contributed by atoms with Crippen molar-refractivity contribution in [2.45, 2.75) is 13.1 Å². The van der Waals surface area contributed by atoms with Gasteiger partial charge in [-0.2, -0.15) is 18.3 Å². The van der Waals surface area contributed by atoms with Crippen molar-refractivity contribution in [2.75, 3.05) is 18.9 Å². The number of para-hydroxylation sites is 1. The number of aromatic nitrogens is 2. The second kappa shape index (κ2) is 6.18. The number of nitrogens with one attached hydrogen (secondary N) is 2. The molecule has 0 saturated heterocycles. The minimum atomic E-state index is -4.51. The zero-order chi connectivity index (χ0) is 16.3. The Hall–Kier alpha value is -2.35. The third-order valence-electron chi connectivity index (χ3n) is 2.87. The lowest BCUT2D eigenvalue weighted by Gasteiger charge is -2.15. The van der Waals surface area contributed by atoms with E-state index in [0.29, 0.717) is 5.69 Å². The van der Waals surface area contributed by atoms with Crippen molar-refractivity contribution in [2.24, 2.45) is 0 Å². The number of nitrogens with zero attached hydrogens (tertiary/aromatic N) is 2.